The molecule has 2 amide bonds. The number of fused-ring (bicyclic) bond motifs is 1. The number of amides is 2. The Labute approximate surface area is 177 Å². The topological polar surface area (TPSA) is 122 Å². The maximum Gasteiger partial charge on any atom is 0.325 e. The number of carbonyl (C=O) groups is 3. The van der Waals surface area contributed by atoms with E-state index in [1.54, 1.807) is 24.3 Å². The van der Waals surface area contributed by atoms with Crippen molar-refractivity contribution in [2.24, 2.45) is 16.1 Å². The fourth-order valence-corrected chi connectivity index (χ4v) is 3.80. The first-order valence-electron chi connectivity index (χ1n) is 9.66. The lowest BCUT2D eigenvalue weighted by Crippen LogP contribution is -2.25. The van der Waals surface area contributed by atoms with Crippen molar-refractivity contribution in [3.8, 4) is 5.88 Å². The maximum absolute atomic E-state index is 12.8. The molecule has 2 atom stereocenters. The quantitative estimate of drug-likeness (QED) is 0.373. The number of hydrogen-bond donors (Lipinski definition) is 2. The predicted molar refractivity (Wildman–Crippen MR) is 111 cm³/mol. The fraction of sp³-hybridized carbons (Fsp3) is 0.227. The van der Waals surface area contributed by atoms with Gasteiger partial charge in [0.2, 0.25) is 11.8 Å². The van der Waals surface area contributed by atoms with E-state index in [4.69, 9.17) is 0 Å². The lowest BCUT2D eigenvalue weighted by molar-refractivity contribution is -0.141. The molecule has 0 unspecified atom stereocenters. The van der Waals surface area contributed by atoms with Crippen molar-refractivity contribution in [2.45, 2.75) is 12.5 Å². The number of azo groups is 1. The SMILES string of the molecule is COC(=O)Cn1c(O)c(N=NC(=O)[C@H]2C(=O)NC[C@H]2c2ccccc2)c2ccccc21. The number of benzene rings is 2. The minimum Gasteiger partial charge on any atom is -0.493 e. The molecule has 1 aliphatic heterocycles. The number of carbonyl (C=O) groups excluding carboxylic acids is 3. The molecule has 1 aromatic heterocycles. The Kier molecular flexibility index (Phi) is 5.48. The first-order valence-corrected chi connectivity index (χ1v) is 9.66. The summed E-state index contributed by atoms with van der Waals surface area (Å²) in [6.45, 7) is 0.103. The number of methoxy groups -OCH3 is 1. The second-order valence-electron chi connectivity index (χ2n) is 7.13. The molecule has 2 aromatic carbocycles. The number of nitrogens with one attached hydrogen (secondary N) is 1. The monoisotopic (exact) mass is 420 g/mol. The minimum absolute atomic E-state index is 0.0440. The molecule has 9 heteroatoms. The zero-order valence-electron chi connectivity index (χ0n) is 16.7. The van der Waals surface area contributed by atoms with E-state index in [0.29, 0.717) is 17.4 Å². The van der Waals surface area contributed by atoms with Crippen molar-refractivity contribution in [3.63, 3.8) is 0 Å². The van der Waals surface area contributed by atoms with Gasteiger partial charge in [-0.15, -0.1) is 10.2 Å². The smallest absolute Gasteiger partial charge is 0.325 e. The van der Waals surface area contributed by atoms with Crippen LogP contribution >= 0.6 is 0 Å². The molecule has 2 heterocycles. The van der Waals surface area contributed by atoms with Crippen LogP contribution in [0.15, 0.2) is 64.8 Å². The van der Waals surface area contributed by atoms with E-state index in [9.17, 15) is 19.5 Å². The van der Waals surface area contributed by atoms with Crippen LogP contribution in [-0.2, 0) is 25.7 Å². The van der Waals surface area contributed by atoms with Gasteiger partial charge in [-0.3, -0.25) is 19.0 Å². The zero-order valence-corrected chi connectivity index (χ0v) is 16.7. The van der Waals surface area contributed by atoms with Gasteiger partial charge in [-0.25, -0.2) is 0 Å². The van der Waals surface area contributed by atoms with E-state index in [1.807, 2.05) is 30.3 Å². The predicted octanol–water partition coefficient (Wildman–Crippen LogP) is 2.66. The molecule has 0 radical (unpaired) electrons. The highest BCUT2D eigenvalue weighted by Gasteiger charge is 2.41. The molecule has 4 rings (SSSR count). The molecule has 9 nitrogen and oxygen atoms in total. The van der Waals surface area contributed by atoms with Crippen molar-refractivity contribution in [1.82, 2.24) is 9.88 Å². The first-order chi connectivity index (χ1) is 15.0. The molecule has 0 spiro atoms. The van der Waals surface area contributed by atoms with E-state index in [0.717, 1.165) is 5.56 Å². The summed E-state index contributed by atoms with van der Waals surface area (Å²) in [7, 11) is 1.25. The van der Waals surface area contributed by atoms with Crippen LogP contribution < -0.4 is 5.32 Å². The Balaban J connectivity index is 1.66. The number of ether oxygens (including phenoxy) is 1. The molecule has 0 saturated carbocycles. The largest absolute Gasteiger partial charge is 0.493 e. The Morgan fingerprint density at radius 3 is 2.61 bits per heavy atom. The van der Waals surface area contributed by atoms with Gasteiger partial charge in [-0.05, 0) is 11.6 Å². The summed E-state index contributed by atoms with van der Waals surface area (Å²) in [6.07, 6.45) is 0. The van der Waals surface area contributed by atoms with Gasteiger partial charge in [-0.1, -0.05) is 48.5 Å². The van der Waals surface area contributed by atoms with Crippen LogP contribution in [0.25, 0.3) is 10.9 Å². The van der Waals surface area contributed by atoms with Gasteiger partial charge < -0.3 is 15.2 Å². The van der Waals surface area contributed by atoms with Gasteiger partial charge in [0.25, 0.3) is 5.91 Å². The van der Waals surface area contributed by atoms with Crippen LogP contribution in [0.4, 0.5) is 5.69 Å². The molecule has 0 bridgehead atoms. The lowest BCUT2D eigenvalue weighted by Gasteiger charge is -2.13. The molecular formula is C22H20N4O5. The Morgan fingerprint density at radius 2 is 1.87 bits per heavy atom. The van der Waals surface area contributed by atoms with E-state index >= 15 is 0 Å². The normalized spacial score (nSPS) is 18.4. The summed E-state index contributed by atoms with van der Waals surface area (Å²) in [5.74, 6) is -3.34. The highest BCUT2D eigenvalue weighted by Crippen LogP contribution is 2.39. The fourth-order valence-electron chi connectivity index (χ4n) is 3.80. The zero-order chi connectivity index (χ0) is 22.0. The van der Waals surface area contributed by atoms with Gasteiger partial charge in [0.05, 0.1) is 12.6 Å². The number of hydrogen-bond acceptors (Lipinski definition) is 6. The molecular weight excluding hydrogens is 400 g/mol. The summed E-state index contributed by atoms with van der Waals surface area (Å²) in [4.78, 5) is 36.8. The Bertz CT molecular complexity index is 1190. The third-order valence-electron chi connectivity index (χ3n) is 5.36. The van der Waals surface area contributed by atoms with Crippen LogP contribution in [0.3, 0.4) is 0 Å². The third kappa shape index (κ3) is 3.77. The van der Waals surface area contributed by atoms with Crippen molar-refractivity contribution >= 4 is 34.4 Å². The number of para-hydroxylation sites is 1. The number of aromatic hydroxyl groups is 1. The highest BCUT2D eigenvalue weighted by atomic mass is 16.5. The van der Waals surface area contributed by atoms with Gasteiger partial charge in [0.15, 0.2) is 5.69 Å². The first kappa shape index (κ1) is 20.3. The van der Waals surface area contributed by atoms with Crippen LogP contribution in [0.5, 0.6) is 5.88 Å². The molecule has 3 aromatic rings. The number of nitrogens with zero attached hydrogens (tertiary/aromatic N) is 3. The van der Waals surface area contributed by atoms with Crippen molar-refractivity contribution in [2.75, 3.05) is 13.7 Å². The number of aromatic nitrogens is 1. The molecule has 31 heavy (non-hydrogen) atoms. The lowest BCUT2D eigenvalue weighted by atomic mass is 9.88. The van der Waals surface area contributed by atoms with Gasteiger partial charge >= 0.3 is 5.97 Å². The van der Waals surface area contributed by atoms with E-state index in [1.165, 1.54) is 11.7 Å². The molecule has 1 fully saturated rings. The van der Waals surface area contributed by atoms with Crippen molar-refractivity contribution in [3.05, 3.63) is 60.2 Å². The molecule has 158 valence electrons. The molecule has 2 N–H and O–H groups in total. The molecule has 1 aliphatic rings. The van der Waals surface area contributed by atoms with E-state index in [2.05, 4.69) is 20.3 Å². The second kappa shape index (κ2) is 8.39. The highest BCUT2D eigenvalue weighted by molar-refractivity contribution is 6.03. The van der Waals surface area contributed by atoms with Gasteiger partial charge in [0, 0.05) is 17.8 Å². The van der Waals surface area contributed by atoms with Gasteiger partial charge in [-0.2, -0.15) is 0 Å². The molecule has 0 aliphatic carbocycles. The van der Waals surface area contributed by atoms with E-state index < -0.39 is 23.7 Å². The van der Waals surface area contributed by atoms with Crippen molar-refractivity contribution in [1.29, 1.82) is 0 Å². The maximum atomic E-state index is 12.8. The number of esters is 1. The summed E-state index contributed by atoms with van der Waals surface area (Å²) >= 11 is 0. The third-order valence-corrected chi connectivity index (χ3v) is 5.36. The standard InChI is InChI=1S/C22H20N4O5/c1-31-17(27)12-26-16-10-6-5-9-14(16)19(22(26)30)24-25-21(29)18-15(11-23-20(18)28)13-7-3-2-4-8-13/h2-10,15,18,30H,11-12H2,1H3,(H,23,28)/t15-,18+/m0/s1. The van der Waals surface area contributed by atoms with Crippen LogP contribution in [0, 0.1) is 5.92 Å². The summed E-state index contributed by atoms with van der Waals surface area (Å²) in [6, 6.07) is 16.1. The van der Waals surface area contributed by atoms with Crippen LogP contribution in [-0.4, -0.2) is 41.1 Å². The van der Waals surface area contributed by atoms with Crippen LogP contribution in [0.2, 0.25) is 0 Å². The number of rotatable bonds is 5. The average molecular weight is 420 g/mol. The average Bonchev–Trinajstić information content (AvgIpc) is 3.30. The Hall–Kier alpha value is -4.01. The van der Waals surface area contributed by atoms with Crippen LogP contribution in [0.1, 0.15) is 11.5 Å². The second-order valence-corrected chi connectivity index (χ2v) is 7.13. The molecule has 1 saturated heterocycles. The summed E-state index contributed by atoms with van der Waals surface area (Å²) in [5, 5.41) is 21.6. The van der Waals surface area contributed by atoms with Gasteiger partial charge in [0.1, 0.15) is 12.5 Å². The van der Waals surface area contributed by atoms with E-state index in [-0.39, 0.29) is 24.0 Å². The summed E-state index contributed by atoms with van der Waals surface area (Å²) < 4.78 is 6.00. The summed E-state index contributed by atoms with van der Waals surface area (Å²) in [5.41, 5.74) is 1.43. The minimum atomic E-state index is -1.00. The van der Waals surface area contributed by atoms with Crippen molar-refractivity contribution < 1.29 is 24.2 Å². The Morgan fingerprint density at radius 1 is 1.16 bits per heavy atom.